The van der Waals surface area contributed by atoms with Crippen molar-refractivity contribution in [3.05, 3.63) is 168 Å². The number of carbonyl (C=O) groups excluding carboxylic acids is 1. The first kappa shape index (κ1) is 47.3. The van der Waals surface area contributed by atoms with E-state index < -0.39 is 10.0 Å². The van der Waals surface area contributed by atoms with Gasteiger partial charge in [-0.3, -0.25) is 22.3 Å². The van der Waals surface area contributed by atoms with Crippen LogP contribution in [0.4, 0.5) is 39.8 Å². The first-order valence-electron chi connectivity index (χ1n) is 22.6. The Morgan fingerprint density at radius 1 is 0.530 bits per heavy atom. The molecule has 8 bridgehead atoms. The average Bonchev–Trinajstić information content (AvgIpc) is 3.33. The smallest absolute Gasteiger partial charge is 0.240 e. The Morgan fingerprint density at radius 2 is 0.894 bits per heavy atom. The van der Waals surface area contributed by atoms with Crippen LogP contribution >= 0.6 is 0 Å². The molecular weight excluding hydrogens is 847 g/mol. The number of azo groups is 1. The Labute approximate surface area is 389 Å². The molecule has 14 nitrogen and oxygen atoms in total. The number of anilines is 5. The lowest BCUT2D eigenvalue weighted by Crippen LogP contribution is -2.69. The molecule has 6 aromatic carbocycles. The van der Waals surface area contributed by atoms with Gasteiger partial charge in [-0.15, -0.1) is 0 Å². The Hall–Kier alpha value is -6.62. The van der Waals surface area contributed by atoms with E-state index in [4.69, 9.17) is 0 Å². The minimum absolute atomic E-state index is 0.0122. The van der Waals surface area contributed by atoms with Gasteiger partial charge in [0.2, 0.25) is 15.9 Å². The lowest BCUT2D eigenvalue weighted by Gasteiger charge is -2.24. The van der Waals surface area contributed by atoms with Gasteiger partial charge in [0, 0.05) is 45.0 Å². The molecule has 6 aromatic rings. The SMILES string of the molecule is CN(C)c1ccc(N=Nc2ccc(S(=O)(=O)NCCC(=O)N3CCCCN([NH3+])c4ccc(cc4)Cc4ccc(cc4)N([NH3+])CCCCN([NH3+])c4ccc(cc4)Cc4ccc3cc4)cc2)cc1. The molecule has 0 atom stereocenters. The molecule has 7 aliphatic heterocycles. The molecule has 0 radical (unpaired) electrons. The zero-order chi connectivity index (χ0) is 46.5. The van der Waals surface area contributed by atoms with Crippen molar-refractivity contribution in [2.75, 3.05) is 71.6 Å². The van der Waals surface area contributed by atoms with Gasteiger partial charge in [0.05, 0.1) is 53.0 Å². The Bertz CT molecular complexity index is 2610. The molecule has 0 saturated carbocycles. The van der Waals surface area contributed by atoms with Gasteiger partial charge < -0.3 is 9.80 Å². The number of carbonyl (C=O) groups is 1. The minimum atomic E-state index is -3.89. The van der Waals surface area contributed by atoms with E-state index in [0.29, 0.717) is 24.5 Å². The summed E-state index contributed by atoms with van der Waals surface area (Å²) in [6.07, 6.45) is 5.08. The third-order valence-corrected chi connectivity index (χ3v) is 13.3. The van der Waals surface area contributed by atoms with Crippen molar-refractivity contribution in [1.29, 1.82) is 0 Å². The third kappa shape index (κ3) is 13.2. The Morgan fingerprint density at radius 3 is 1.29 bits per heavy atom. The number of hydrogen-bond acceptors (Lipinski definition) is 9. The maximum absolute atomic E-state index is 14.0. The molecule has 7 aliphatic rings. The second-order valence-electron chi connectivity index (χ2n) is 17.0. The largest absolute Gasteiger partial charge is 0.378 e. The fourth-order valence-corrected chi connectivity index (χ4v) is 8.87. The molecule has 0 aliphatic carbocycles. The van der Waals surface area contributed by atoms with Gasteiger partial charge in [-0.2, -0.15) is 10.2 Å². The molecule has 13 rings (SSSR count). The molecule has 0 saturated heterocycles. The molecule has 0 aromatic heterocycles. The Kier molecular flexibility index (Phi) is 16.2. The van der Waals surface area contributed by atoms with Gasteiger partial charge in [-0.25, -0.2) is 28.2 Å². The number of hydrogen-bond donors (Lipinski definition) is 4. The van der Waals surface area contributed by atoms with Gasteiger partial charge >= 0.3 is 0 Å². The maximum atomic E-state index is 14.0. The van der Waals surface area contributed by atoms with E-state index in [1.807, 2.05) is 60.4 Å². The lowest BCUT2D eigenvalue weighted by molar-refractivity contribution is -0.388. The summed E-state index contributed by atoms with van der Waals surface area (Å²) in [5.74, 6) is 12.8. The normalized spacial score (nSPS) is 14.6. The first-order valence-corrected chi connectivity index (χ1v) is 24.1. The van der Waals surface area contributed by atoms with Crippen molar-refractivity contribution in [1.82, 2.24) is 4.72 Å². The van der Waals surface area contributed by atoms with Gasteiger partial charge in [-0.1, -0.05) is 48.5 Å². The number of quaternary nitrogens is 3. The highest BCUT2D eigenvalue weighted by Gasteiger charge is 2.19. The summed E-state index contributed by atoms with van der Waals surface area (Å²) in [6, 6.07) is 47.6. The summed E-state index contributed by atoms with van der Waals surface area (Å²) >= 11 is 0. The van der Waals surface area contributed by atoms with Gasteiger partial charge in [0.25, 0.3) is 0 Å². The third-order valence-electron chi connectivity index (χ3n) is 11.9. The number of rotatable bonds is 8. The first-order chi connectivity index (χ1) is 31.9. The van der Waals surface area contributed by atoms with Crippen molar-refractivity contribution in [2.45, 2.75) is 49.8 Å². The number of nitrogens with one attached hydrogen (secondary N) is 1. The number of amides is 1. The van der Waals surface area contributed by atoms with Crippen LogP contribution in [0.2, 0.25) is 0 Å². The molecule has 344 valence electrons. The molecule has 0 unspecified atom stereocenters. The van der Waals surface area contributed by atoms with Crippen molar-refractivity contribution in [3.8, 4) is 0 Å². The highest BCUT2D eigenvalue weighted by molar-refractivity contribution is 7.89. The molecule has 10 N–H and O–H groups in total. The van der Waals surface area contributed by atoms with Crippen LogP contribution in [0.25, 0.3) is 0 Å². The second kappa shape index (κ2) is 22.5. The summed E-state index contributed by atoms with van der Waals surface area (Å²) in [5, 5.41) is 14.7. The quantitative estimate of drug-likeness (QED) is 0.131. The molecule has 0 fully saturated rings. The van der Waals surface area contributed by atoms with Crippen molar-refractivity contribution >= 4 is 55.7 Å². The van der Waals surface area contributed by atoms with E-state index in [1.165, 1.54) is 28.8 Å². The van der Waals surface area contributed by atoms with Crippen molar-refractivity contribution in [2.24, 2.45) is 10.2 Å². The highest BCUT2D eigenvalue weighted by atomic mass is 32.2. The van der Waals surface area contributed by atoms with Crippen molar-refractivity contribution < 1.29 is 30.7 Å². The predicted molar refractivity (Wildman–Crippen MR) is 264 cm³/mol. The lowest BCUT2D eigenvalue weighted by atomic mass is 10.0. The molecule has 7 heterocycles. The fraction of sp³-hybridized carbons (Fsp3) is 0.275. The zero-order valence-corrected chi connectivity index (χ0v) is 39.0. The topological polar surface area (TPSA) is 187 Å². The van der Waals surface area contributed by atoms with Crippen LogP contribution in [-0.4, -0.2) is 61.1 Å². The number of benzene rings is 6. The van der Waals surface area contributed by atoms with Gasteiger partial charge in [0.1, 0.15) is 0 Å². The van der Waals surface area contributed by atoms with E-state index in [2.05, 4.69) is 127 Å². The molecular formula is C51H64N11O3S+3. The van der Waals surface area contributed by atoms with E-state index >= 15 is 0 Å². The predicted octanol–water partition coefficient (Wildman–Crippen LogP) is 6.22. The highest BCUT2D eigenvalue weighted by Crippen LogP contribution is 2.25. The van der Waals surface area contributed by atoms with Crippen LogP contribution in [0.15, 0.2) is 161 Å². The van der Waals surface area contributed by atoms with E-state index in [1.54, 1.807) is 17.0 Å². The summed E-state index contributed by atoms with van der Waals surface area (Å²) in [6.45, 7) is 2.83. The van der Waals surface area contributed by atoms with Crippen LogP contribution in [0.3, 0.4) is 0 Å². The van der Waals surface area contributed by atoms with Crippen LogP contribution in [0.1, 0.15) is 54.4 Å². The maximum Gasteiger partial charge on any atom is 0.240 e. The number of sulfonamides is 1. The van der Waals surface area contributed by atoms with Crippen LogP contribution in [0.5, 0.6) is 0 Å². The van der Waals surface area contributed by atoms with E-state index in [-0.39, 0.29) is 23.8 Å². The van der Waals surface area contributed by atoms with Crippen LogP contribution in [-0.2, 0) is 27.7 Å². The fourth-order valence-electron chi connectivity index (χ4n) is 7.84. The van der Waals surface area contributed by atoms with Crippen LogP contribution < -0.4 is 47.1 Å². The number of nitrogens with zero attached hydrogens (tertiary/aromatic N) is 7. The minimum Gasteiger partial charge on any atom is -0.378 e. The standard InChI is InChI=1S/C51H61N11O3S/c1-58(2)45-27-15-43(16-28-45)56-57-44-17-29-50(30-18-44)66(64,65)55-32-31-51(63)59-33-3-4-34-60(52)47-21-11-41(12-22-47)38-42-13-25-49(26-14-42)62(54)36-6-5-35-61(53)48-23-9-40(10-24-48)37-39-7-19-46(59)20-8-39/h7-30,55H,3-6,31-38,52-54H2,1-2H3/p+3. The Balaban J connectivity index is 1.01. The molecule has 0 spiro atoms. The van der Waals surface area contributed by atoms with Crippen LogP contribution in [0, 0.1) is 0 Å². The molecule has 66 heavy (non-hydrogen) atoms. The van der Waals surface area contributed by atoms with Crippen molar-refractivity contribution in [3.63, 3.8) is 0 Å². The summed E-state index contributed by atoms with van der Waals surface area (Å²) in [4.78, 5) is 17.8. The molecule has 1 amide bonds. The van der Waals surface area contributed by atoms with E-state index in [9.17, 15) is 13.2 Å². The monoisotopic (exact) mass is 910 g/mol. The summed E-state index contributed by atoms with van der Waals surface area (Å²) < 4.78 is 29.3. The second-order valence-corrected chi connectivity index (χ2v) is 18.8. The average molecular weight is 911 g/mol. The van der Waals surface area contributed by atoms with Gasteiger partial charge in [0.15, 0.2) is 0 Å². The summed E-state index contributed by atoms with van der Waals surface area (Å²) in [7, 11) is 0.0502. The van der Waals surface area contributed by atoms with E-state index in [0.717, 1.165) is 85.6 Å². The van der Waals surface area contributed by atoms with Gasteiger partial charge in [-0.05, 0) is 158 Å². The summed E-state index contributed by atoms with van der Waals surface area (Å²) in [5.41, 5.74) is 11.0. The zero-order valence-electron chi connectivity index (χ0n) is 38.2. The molecule has 15 heteroatoms.